The van der Waals surface area contributed by atoms with Crippen molar-refractivity contribution in [2.45, 2.75) is 31.0 Å². The van der Waals surface area contributed by atoms with Gasteiger partial charge in [-0.15, -0.1) is 0 Å². The van der Waals surface area contributed by atoms with Gasteiger partial charge < -0.3 is 14.4 Å². The van der Waals surface area contributed by atoms with Crippen molar-refractivity contribution in [1.29, 1.82) is 0 Å². The second-order valence-corrected chi connectivity index (χ2v) is 6.45. The van der Waals surface area contributed by atoms with E-state index in [1.165, 1.54) is 11.7 Å². The topological polar surface area (TPSA) is 102 Å². The number of aromatic nitrogens is 2. The molecule has 1 fully saturated rings. The van der Waals surface area contributed by atoms with Crippen LogP contribution in [0.15, 0.2) is 41.2 Å². The number of carbonyl (C=O) groups is 2. The van der Waals surface area contributed by atoms with E-state index in [2.05, 4.69) is 4.98 Å². The van der Waals surface area contributed by atoms with E-state index in [1.54, 1.807) is 29.2 Å². The fourth-order valence-electron chi connectivity index (χ4n) is 3.97. The molecular weight excluding hydrogens is 338 g/mol. The normalized spacial score (nSPS) is 24.0. The van der Waals surface area contributed by atoms with Gasteiger partial charge in [0.15, 0.2) is 0 Å². The molecule has 0 spiro atoms. The molecule has 4 rings (SSSR count). The van der Waals surface area contributed by atoms with Crippen LogP contribution in [0, 0.1) is 0 Å². The van der Waals surface area contributed by atoms with Crippen LogP contribution in [-0.2, 0) is 4.74 Å². The van der Waals surface area contributed by atoms with Gasteiger partial charge in [0.05, 0.1) is 30.2 Å². The van der Waals surface area contributed by atoms with Crippen molar-refractivity contribution < 1.29 is 19.4 Å². The highest BCUT2D eigenvalue weighted by Gasteiger charge is 2.42. The minimum Gasteiger partial charge on any atom is -0.476 e. The Kier molecular flexibility index (Phi) is 3.75. The van der Waals surface area contributed by atoms with Gasteiger partial charge in [0, 0.05) is 6.04 Å². The molecule has 2 aromatic rings. The van der Waals surface area contributed by atoms with Crippen LogP contribution in [0.3, 0.4) is 0 Å². The van der Waals surface area contributed by atoms with Gasteiger partial charge >= 0.3 is 12.1 Å². The Labute approximate surface area is 148 Å². The third-order valence-corrected chi connectivity index (χ3v) is 5.05. The zero-order valence-corrected chi connectivity index (χ0v) is 14.0. The Balaban J connectivity index is 1.81. The van der Waals surface area contributed by atoms with E-state index in [1.807, 2.05) is 12.2 Å². The Hall–Kier alpha value is -3.16. The third kappa shape index (κ3) is 2.37. The fourth-order valence-corrected chi connectivity index (χ4v) is 3.97. The van der Waals surface area contributed by atoms with Gasteiger partial charge in [0.2, 0.25) is 5.69 Å². The summed E-state index contributed by atoms with van der Waals surface area (Å²) in [7, 11) is 1.34. The number of hydrogen-bond donors (Lipinski definition) is 1. The maximum absolute atomic E-state index is 12.8. The van der Waals surface area contributed by atoms with Crippen LogP contribution in [-0.4, -0.2) is 50.8 Å². The number of benzene rings is 1. The molecule has 2 aliphatic heterocycles. The molecule has 2 atom stereocenters. The van der Waals surface area contributed by atoms with Crippen LogP contribution in [0.2, 0.25) is 0 Å². The molecule has 2 bridgehead atoms. The number of rotatable bonds is 2. The lowest BCUT2D eigenvalue weighted by Gasteiger charge is -2.39. The van der Waals surface area contributed by atoms with Gasteiger partial charge in [-0.1, -0.05) is 24.3 Å². The molecule has 3 heterocycles. The SMILES string of the molecule is COC(=O)N1C2C=CC1CC(n1c(=O)c(C(=O)O)nc3ccccc31)C2. The van der Waals surface area contributed by atoms with E-state index in [-0.39, 0.29) is 18.1 Å². The van der Waals surface area contributed by atoms with Gasteiger partial charge in [-0.05, 0) is 25.0 Å². The number of amides is 1. The molecule has 1 aromatic carbocycles. The summed E-state index contributed by atoms with van der Waals surface area (Å²) in [6.45, 7) is 0. The van der Waals surface area contributed by atoms with E-state index in [0.29, 0.717) is 23.9 Å². The number of carboxylic acids is 1. The first-order valence-corrected chi connectivity index (χ1v) is 8.30. The van der Waals surface area contributed by atoms with E-state index < -0.39 is 23.3 Å². The number of carboxylic acid groups (broad SMARTS) is 1. The molecule has 26 heavy (non-hydrogen) atoms. The largest absolute Gasteiger partial charge is 0.476 e. The molecule has 1 N–H and O–H groups in total. The minimum atomic E-state index is -1.34. The predicted molar refractivity (Wildman–Crippen MR) is 92.2 cm³/mol. The smallest absolute Gasteiger partial charge is 0.410 e. The lowest BCUT2D eigenvalue weighted by Crippen LogP contribution is -2.49. The van der Waals surface area contributed by atoms with Crippen LogP contribution >= 0.6 is 0 Å². The molecule has 8 heteroatoms. The highest BCUT2D eigenvalue weighted by Crippen LogP contribution is 2.37. The van der Waals surface area contributed by atoms with Gasteiger partial charge in [-0.2, -0.15) is 0 Å². The number of para-hydroxylation sites is 2. The minimum absolute atomic E-state index is 0.182. The Morgan fingerprint density at radius 1 is 1.19 bits per heavy atom. The van der Waals surface area contributed by atoms with Crippen LogP contribution < -0.4 is 5.56 Å². The Morgan fingerprint density at radius 2 is 1.85 bits per heavy atom. The summed E-state index contributed by atoms with van der Waals surface area (Å²) in [4.78, 5) is 42.0. The monoisotopic (exact) mass is 355 g/mol. The van der Waals surface area contributed by atoms with Crippen molar-refractivity contribution in [3.05, 3.63) is 52.5 Å². The van der Waals surface area contributed by atoms with Gasteiger partial charge in [0.1, 0.15) is 0 Å². The molecule has 0 radical (unpaired) electrons. The first kappa shape index (κ1) is 16.3. The summed E-state index contributed by atoms with van der Waals surface area (Å²) >= 11 is 0. The van der Waals surface area contributed by atoms with Crippen molar-refractivity contribution in [2.75, 3.05) is 7.11 Å². The van der Waals surface area contributed by atoms with Crippen LogP contribution in [0.25, 0.3) is 11.0 Å². The molecule has 134 valence electrons. The summed E-state index contributed by atoms with van der Waals surface area (Å²) in [6, 6.07) is 6.39. The Bertz CT molecular complexity index is 980. The van der Waals surface area contributed by atoms with E-state index in [9.17, 15) is 19.5 Å². The van der Waals surface area contributed by atoms with Crippen molar-refractivity contribution in [1.82, 2.24) is 14.5 Å². The van der Waals surface area contributed by atoms with E-state index in [4.69, 9.17) is 4.74 Å². The number of aromatic carboxylic acids is 1. The van der Waals surface area contributed by atoms with Gasteiger partial charge in [0.25, 0.3) is 5.56 Å². The zero-order valence-electron chi connectivity index (χ0n) is 14.0. The molecule has 0 saturated carbocycles. The maximum Gasteiger partial charge on any atom is 0.410 e. The lowest BCUT2D eigenvalue weighted by atomic mass is 9.96. The highest BCUT2D eigenvalue weighted by molar-refractivity contribution is 5.88. The predicted octanol–water partition coefficient (Wildman–Crippen LogP) is 1.80. The number of nitrogens with zero attached hydrogens (tertiary/aromatic N) is 3. The van der Waals surface area contributed by atoms with Gasteiger partial charge in [-0.25, -0.2) is 14.6 Å². The van der Waals surface area contributed by atoms with Crippen molar-refractivity contribution in [2.24, 2.45) is 0 Å². The number of piperidine rings is 1. The average Bonchev–Trinajstić information content (AvgIpc) is 2.90. The molecule has 2 aliphatic rings. The molecule has 8 nitrogen and oxygen atoms in total. The van der Waals surface area contributed by atoms with Crippen molar-refractivity contribution >= 4 is 23.1 Å². The second-order valence-electron chi connectivity index (χ2n) is 6.45. The first-order valence-electron chi connectivity index (χ1n) is 8.30. The summed E-state index contributed by atoms with van der Waals surface area (Å²) in [6.07, 6.45) is 4.49. The molecular formula is C18H17N3O5. The highest BCUT2D eigenvalue weighted by atomic mass is 16.5. The molecule has 1 aromatic heterocycles. The zero-order chi connectivity index (χ0) is 18.4. The Morgan fingerprint density at radius 3 is 2.46 bits per heavy atom. The van der Waals surface area contributed by atoms with Crippen LogP contribution in [0.4, 0.5) is 4.79 Å². The second kappa shape index (κ2) is 5.98. The molecule has 2 unspecified atom stereocenters. The van der Waals surface area contributed by atoms with Gasteiger partial charge in [-0.3, -0.25) is 9.69 Å². The van der Waals surface area contributed by atoms with Crippen LogP contribution in [0.1, 0.15) is 29.4 Å². The number of fused-ring (bicyclic) bond motifs is 3. The van der Waals surface area contributed by atoms with E-state index in [0.717, 1.165) is 0 Å². The van der Waals surface area contributed by atoms with Crippen LogP contribution in [0.5, 0.6) is 0 Å². The number of methoxy groups -OCH3 is 1. The number of ether oxygens (including phenoxy) is 1. The third-order valence-electron chi connectivity index (χ3n) is 5.05. The quantitative estimate of drug-likeness (QED) is 0.824. The van der Waals surface area contributed by atoms with Crippen molar-refractivity contribution in [3.63, 3.8) is 0 Å². The number of hydrogen-bond acceptors (Lipinski definition) is 5. The molecule has 0 aliphatic carbocycles. The van der Waals surface area contributed by atoms with Crippen molar-refractivity contribution in [3.8, 4) is 0 Å². The standard InChI is InChI=1S/C18H17N3O5/c1-26-18(25)20-10-6-7-11(20)9-12(8-10)21-14-5-3-2-4-13(14)19-15(16(21)22)17(23)24/h2-7,10-12H,8-9H2,1H3,(H,23,24). The summed E-state index contributed by atoms with van der Waals surface area (Å²) in [5.74, 6) is -1.34. The average molecular weight is 355 g/mol. The van der Waals surface area contributed by atoms with E-state index >= 15 is 0 Å². The summed E-state index contributed by atoms with van der Waals surface area (Å²) in [5, 5.41) is 9.35. The lowest BCUT2D eigenvalue weighted by molar-refractivity contribution is 0.0686. The fraction of sp³-hybridized carbons (Fsp3) is 0.333. The molecule has 1 amide bonds. The number of carbonyl (C=O) groups excluding carboxylic acids is 1. The maximum atomic E-state index is 12.8. The summed E-state index contributed by atoms with van der Waals surface area (Å²) in [5.41, 5.74) is -0.0508. The summed E-state index contributed by atoms with van der Waals surface area (Å²) < 4.78 is 6.37. The first-order chi connectivity index (χ1) is 12.5. The molecule has 1 saturated heterocycles.